The number of hydrogen-bond acceptors (Lipinski definition) is 8. The van der Waals surface area contributed by atoms with E-state index in [1.54, 1.807) is 30.3 Å². The van der Waals surface area contributed by atoms with Crippen LogP contribution in [0.4, 0.5) is 0 Å². The number of benzene rings is 3. The highest BCUT2D eigenvalue weighted by molar-refractivity contribution is 5.93. The number of carbonyl (C=O) groups excluding carboxylic acids is 2. The second kappa shape index (κ2) is 16.6. The SMILES string of the molecule is C=CC(=O)OCCOCCOCCOc1ccc(C(=O)Oc2ccc(-c3ccc(CCC)cc3)cc2C=N)cc1. The first kappa shape index (κ1) is 30.3. The molecule has 0 aliphatic carbocycles. The van der Waals surface area contributed by atoms with Gasteiger partial charge in [-0.2, -0.15) is 0 Å². The molecule has 0 unspecified atom stereocenters. The number of aryl methyl sites for hydroxylation is 1. The van der Waals surface area contributed by atoms with Crippen LogP contribution in [0.3, 0.4) is 0 Å². The molecule has 3 aromatic carbocycles. The average molecular weight is 546 g/mol. The third-order valence-corrected chi connectivity index (χ3v) is 5.79. The van der Waals surface area contributed by atoms with E-state index >= 15 is 0 Å². The maximum Gasteiger partial charge on any atom is 0.343 e. The standard InChI is InChI=1S/C32H35NO7/c1-3-5-24-6-8-25(9-7-24)27-12-15-30(28(22-27)23-33)40-32(35)26-10-13-29(14-11-26)38-20-18-36-16-17-37-19-21-39-31(34)4-2/h4,6-15,22-23,33H,2-3,5,16-21H2,1H3. The Morgan fingerprint density at radius 2 is 1.48 bits per heavy atom. The summed E-state index contributed by atoms with van der Waals surface area (Å²) in [6, 6.07) is 20.4. The number of hydrogen-bond donors (Lipinski definition) is 1. The molecule has 0 aliphatic heterocycles. The molecule has 0 spiro atoms. The van der Waals surface area contributed by atoms with Gasteiger partial charge in [0, 0.05) is 17.9 Å². The Kier molecular flexibility index (Phi) is 12.6. The summed E-state index contributed by atoms with van der Waals surface area (Å²) in [7, 11) is 0. The molecule has 8 nitrogen and oxygen atoms in total. The van der Waals surface area contributed by atoms with Gasteiger partial charge in [-0.3, -0.25) is 0 Å². The number of ether oxygens (including phenoxy) is 5. The zero-order valence-corrected chi connectivity index (χ0v) is 22.7. The van der Waals surface area contributed by atoms with Crippen LogP contribution in [-0.2, 0) is 25.4 Å². The van der Waals surface area contributed by atoms with Crippen molar-refractivity contribution in [2.75, 3.05) is 39.6 Å². The smallest absolute Gasteiger partial charge is 0.343 e. The second-order valence-electron chi connectivity index (χ2n) is 8.70. The molecule has 0 fully saturated rings. The summed E-state index contributed by atoms with van der Waals surface area (Å²) in [5.41, 5.74) is 4.17. The highest BCUT2D eigenvalue weighted by Crippen LogP contribution is 2.27. The Balaban J connectivity index is 1.41. The molecule has 0 heterocycles. The van der Waals surface area contributed by atoms with Gasteiger partial charge in [-0.05, 0) is 59.5 Å². The van der Waals surface area contributed by atoms with Gasteiger partial charge in [0.2, 0.25) is 0 Å². The van der Waals surface area contributed by atoms with E-state index in [1.165, 1.54) is 11.8 Å². The van der Waals surface area contributed by atoms with Crippen LogP contribution >= 0.6 is 0 Å². The fraction of sp³-hybridized carbons (Fsp3) is 0.281. The van der Waals surface area contributed by atoms with Crippen LogP contribution in [0.15, 0.2) is 79.4 Å². The minimum atomic E-state index is -0.520. The van der Waals surface area contributed by atoms with Crippen molar-refractivity contribution in [1.29, 1.82) is 5.41 Å². The van der Waals surface area contributed by atoms with E-state index in [0.717, 1.165) is 30.0 Å². The summed E-state index contributed by atoms with van der Waals surface area (Å²) in [6.45, 7) is 7.37. The lowest BCUT2D eigenvalue weighted by molar-refractivity contribution is -0.139. The fourth-order valence-corrected chi connectivity index (χ4v) is 3.73. The molecule has 8 heteroatoms. The average Bonchev–Trinajstić information content (AvgIpc) is 2.99. The lowest BCUT2D eigenvalue weighted by Crippen LogP contribution is -2.13. The van der Waals surface area contributed by atoms with Crippen molar-refractivity contribution in [3.63, 3.8) is 0 Å². The Labute approximate surface area is 235 Å². The Morgan fingerprint density at radius 1 is 0.825 bits per heavy atom. The van der Waals surface area contributed by atoms with Crippen molar-refractivity contribution in [2.24, 2.45) is 0 Å². The van der Waals surface area contributed by atoms with Crippen molar-refractivity contribution >= 4 is 18.2 Å². The minimum Gasteiger partial charge on any atom is -0.491 e. The number of rotatable bonds is 17. The summed E-state index contributed by atoms with van der Waals surface area (Å²) in [6.07, 6.45) is 4.42. The maximum absolute atomic E-state index is 12.7. The molecule has 1 N–H and O–H groups in total. The van der Waals surface area contributed by atoms with Crippen molar-refractivity contribution in [3.8, 4) is 22.6 Å². The number of carbonyl (C=O) groups is 2. The largest absolute Gasteiger partial charge is 0.491 e. The monoisotopic (exact) mass is 545 g/mol. The van der Waals surface area contributed by atoms with Crippen LogP contribution in [0.5, 0.6) is 11.5 Å². The zero-order chi connectivity index (χ0) is 28.6. The molecule has 3 aromatic rings. The van der Waals surface area contributed by atoms with E-state index in [0.29, 0.717) is 49.1 Å². The summed E-state index contributed by atoms with van der Waals surface area (Å²) >= 11 is 0. The molecule has 0 saturated carbocycles. The normalized spacial score (nSPS) is 10.5. The Bertz CT molecular complexity index is 1250. The molecule has 0 saturated heterocycles. The lowest BCUT2D eigenvalue weighted by Gasteiger charge is -2.11. The predicted molar refractivity (Wildman–Crippen MR) is 153 cm³/mol. The number of esters is 2. The molecule has 0 atom stereocenters. The van der Waals surface area contributed by atoms with Crippen LogP contribution in [0.2, 0.25) is 0 Å². The summed E-state index contributed by atoms with van der Waals surface area (Å²) in [5, 5.41) is 7.81. The van der Waals surface area contributed by atoms with Crippen LogP contribution in [0, 0.1) is 5.41 Å². The van der Waals surface area contributed by atoms with E-state index in [4.69, 9.17) is 29.1 Å². The van der Waals surface area contributed by atoms with Gasteiger partial charge in [0.15, 0.2) is 0 Å². The summed E-state index contributed by atoms with van der Waals surface area (Å²) in [4.78, 5) is 23.6. The highest BCUT2D eigenvalue weighted by Gasteiger charge is 2.13. The van der Waals surface area contributed by atoms with Gasteiger partial charge < -0.3 is 29.1 Å². The molecular formula is C32H35NO7. The maximum atomic E-state index is 12.7. The van der Waals surface area contributed by atoms with Crippen molar-refractivity contribution in [1.82, 2.24) is 0 Å². The minimum absolute atomic E-state index is 0.168. The third kappa shape index (κ3) is 9.80. The molecule has 0 aliphatic rings. The van der Waals surface area contributed by atoms with Crippen LogP contribution < -0.4 is 9.47 Å². The molecule has 0 bridgehead atoms. The molecule has 3 rings (SSSR count). The summed E-state index contributed by atoms with van der Waals surface area (Å²) in [5.74, 6) is -0.0808. The first-order valence-corrected chi connectivity index (χ1v) is 13.2. The molecular weight excluding hydrogens is 510 g/mol. The molecule has 210 valence electrons. The van der Waals surface area contributed by atoms with Crippen LogP contribution in [0.25, 0.3) is 11.1 Å². The summed E-state index contributed by atoms with van der Waals surface area (Å²) < 4.78 is 26.8. The third-order valence-electron chi connectivity index (χ3n) is 5.79. The quantitative estimate of drug-likeness (QED) is 0.0767. The van der Waals surface area contributed by atoms with Gasteiger partial charge >= 0.3 is 11.9 Å². The lowest BCUT2D eigenvalue weighted by atomic mass is 10.0. The van der Waals surface area contributed by atoms with Gasteiger partial charge in [-0.15, -0.1) is 0 Å². The molecule has 0 amide bonds. The first-order chi connectivity index (χ1) is 19.5. The highest BCUT2D eigenvalue weighted by atomic mass is 16.6. The van der Waals surface area contributed by atoms with Gasteiger partial charge in [-0.25, -0.2) is 9.59 Å². The van der Waals surface area contributed by atoms with Crippen molar-refractivity contribution in [3.05, 3.63) is 96.1 Å². The topological polar surface area (TPSA) is 104 Å². The van der Waals surface area contributed by atoms with E-state index in [9.17, 15) is 9.59 Å². The van der Waals surface area contributed by atoms with Crippen molar-refractivity contribution < 1.29 is 33.3 Å². The molecule has 40 heavy (non-hydrogen) atoms. The zero-order valence-electron chi connectivity index (χ0n) is 22.7. The van der Waals surface area contributed by atoms with Gasteiger partial charge in [0.05, 0.1) is 32.0 Å². The van der Waals surface area contributed by atoms with Gasteiger partial charge in [0.25, 0.3) is 0 Å². The van der Waals surface area contributed by atoms with Crippen LogP contribution in [0.1, 0.15) is 34.8 Å². The van der Waals surface area contributed by atoms with Crippen LogP contribution in [-0.4, -0.2) is 57.8 Å². The van der Waals surface area contributed by atoms with E-state index in [2.05, 4.69) is 37.8 Å². The Morgan fingerprint density at radius 3 is 2.12 bits per heavy atom. The fourth-order valence-electron chi connectivity index (χ4n) is 3.73. The first-order valence-electron chi connectivity index (χ1n) is 13.2. The predicted octanol–water partition coefficient (Wildman–Crippen LogP) is 5.66. The number of nitrogens with one attached hydrogen (secondary N) is 1. The second-order valence-corrected chi connectivity index (χ2v) is 8.70. The van der Waals surface area contributed by atoms with E-state index < -0.39 is 11.9 Å². The molecule has 0 radical (unpaired) electrons. The Hall–Kier alpha value is -4.27. The van der Waals surface area contributed by atoms with E-state index in [-0.39, 0.29) is 13.2 Å². The molecule has 0 aromatic heterocycles. The van der Waals surface area contributed by atoms with Gasteiger partial charge in [-0.1, -0.05) is 50.3 Å². The van der Waals surface area contributed by atoms with Gasteiger partial charge in [0.1, 0.15) is 24.7 Å². The van der Waals surface area contributed by atoms with Crippen molar-refractivity contribution in [2.45, 2.75) is 19.8 Å². The van der Waals surface area contributed by atoms with E-state index in [1.807, 2.05) is 12.1 Å².